The lowest BCUT2D eigenvalue weighted by Gasteiger charge is -2.08. The summed E-state index contributed by atoms with van der Waals surface area (Å²) in [5.74, 6) is -0.166. The number of rotatable bonds is 13. The van der Waals surface area contributed by atoms with Crippen LogP contribution in [0.5, 0.6) is 0 Å². The molecule has 0 bridgehead atoms. The van der Waals surface area contributed by atoms with Gasteiger partial charge >= 0.3 is 12.0 Å². The highest BCUT2D eigenvalue weighted by Crippen LogP contribution is 2.21. The molecule has 0 aromatic carbocycles. The average molecular weight is 453 g/mol. The van der Waals surface area contributed by atoms with E-state index < -0.39 is 6.00 Å². The van der Waals surface area contributed by atoms with Gasteiger partial charge in [0.15, 0.2) is 0 Å². The van der Waals surface area contributed by atoms with Crippen LogP contribution in [0, 0.1) is 5.92 Å². The first-order chi connectivity index (χ1) is 10.4. The second kappa shape index (κ2) is 14.1. The van der Waals surface area contributed by atoms with Crippen molar-refractivity contribution < 1.29 is 9.53 Å². The third kappa shape index (κ3) is 15.7. The van der Waals surface area contributed by atoms with Gasteiger partial charge in [0.25, 0.3) is 0 Å². The number of carbonyl (C=O) groups is 1. The number of alkyl halides is 1. The first kappa shape index (κ1) is 22.8. The van der Waals surface area contributed by atoms with Crippen LogP contribution in [-0.2, 0) is 9.53 Å². The number of halogens is 4. The van der Waals surface area contributed by atoms with Gasteiger partial charge in [-0.1, -0.05) is 66.7 Å². The van der Waals surface area contributed by atoms with E-state index in [4.69, 9.17) is 38.0 Å². The quantitative estimate of drug-likeness (QED) is 0.106. The Labute approximate surface area is 158 Å². The van der Waals surface area contributed by atoms with Crippen LogP contribution in [0.4, 0.5) is 0 Å². The number of ether oxygens (including phenoxy) is 1. The minimum atomic E-state index is -2.57. The molecule has 0 fully saturated rings. The molecule has 0 aliphatic rings. The van der Waals surface area contributed by atoms with Gasteiger partial charge in [0.05, 0.1) is 12.5 Å². The van der Waals surface area contributed by atoms with Crippen molar-refractivity contribution in [2.24, 2.45) is 5.92 Å². The minimum Gasteiger partial charge on any atom is -0.465 e. The molecule has 0 radical (unpaired) electrons. The first-order valence-corrected chi connectivity index (χ1v) is 14.1. The molecule has 0 amide bonds. The van der Waals surface area contributed by atoms with Crippen LogP contribution in [0.15, 0.2) is 11.8 Å². The standard InChI is InChI=1S/C15H26BrCl3O2Si/c1-14(13-16)15(20)21-11-9-7-5-3-2-4-6-8-10-12-22(17,18)19/h10,12,14H,2-9,11,13H2,1H3/b12-10+. The van der Waals surface area contributed by atoms with Crippen molar-refractivity contribution in [1.29, 1.82) is 0 Å². The summed E-state index contributed by atoms with van der Waals surface area (Å²) in [6, 6.07) is -2.57. The fourth-order valence-corrected chi connectivity index (χ4v) is 3.34. The average Bonchev–Trinajstić information content (AvgIpc) is 2.46. The third-order valence-corrected chi connectivity index (χ3v) is 5.92. The van der Waals surface area contributed by atoms with Gasteiger partial charge in [-0.15, -0.1) is 33.2 Å². The zero-order valence-electron chi connectivity index (χ0n) is 13.1. The van der Waals surface area contributed by atoms with E-state index in [1.54, 1.807) is 5.70 Å². The number of allylic oxidation sites excluding steroid dienone is 1. The highest BCUT2D eigenvalue weighted by molar-refractivity contribution is 9.09. The molecule has 0 heterocycles. The van der Waals surface area contributed by atoms with E-state index in [-0.39, 0.29) is 11.9 Å². The van der Waals surface area contributed by atoms with Gasteiger partial charge in [-0.2, -0.15) is 0 Å². The van der Waals surface area contributed by atoms with Gasteiger partial charge in [-0.05, 0) is 19.3 Å². The Morgan fingerprint density at radius 2 is 1.64 bits per heavy atom. The summed E-state index contributed by atoms with van der Waals surface area (Å²) in [4.78, 5) is 11.4. The topological polar surface area (TPSA) is 26.3 Å². The smallest absolute Gasteiger partial charge is 0.365 e. The number of hydrogen-bond acceptors (Lipinski definition) is 2. The third-order valence-electron chi connectivity index (χ3n) is 3.20. The van der Waals surface area contributed by atoms with E-state index in [1.165, 1.54) is 25.7 Å². The number of esters is 1. The second-order valence-electron chi connectivity index (χ2n) is 5.43. The van der Waals surface area contributed by atoms with Gasteiger partial charge in [-0.25, -0.2) is 0 Å². The molecule has 0 aromatic rings. The van der Waals surface area contributed by atoms with E-state index in [1.807, 2.05) is 13.0 Å². The molecule has 0 N–H and O–H groups in total. The van der Waals surface area contributed by atoms with Crippen LogP contribution in [0.2, 0.25) is 0 Å². The fourth-order valence-electron chi connectivity index (χ4n) is 1.84. The summed E-state index contributed by atoms with van der Waals surface area (Å²) in [5, 5.41) is 0.658. The first-order valence-electron chi connectivity index (χ1n) is 7.84. The summed E-state index contributed by atoms with van der Waals surface area (Å²) < 4.78 is 5.19. The van der Waals surface area contributed by atoms with Crippen LogP contribution in [0.1, 0.15) is 58.3 Å². The van der Waals surface area contributed by atoms with Crippen LogP contribution >= 0.6 is 49.2 Å². The predicted molar refractivity (Wildman–Crippen MR) is 103 cm³/mol. The van der Waals surface area contributed by atoms with Gasteiger partial charge in [0.2, 0.25) is 0 Å². The van der Waals surface area contributed by atoms with Crippen molar-refractivity contribution >= 4 is 61.1 Å². The molecular formula is C15H26BrCl3O2Si. The Morgan fingerprint density at radius 1 is 1.09 bits per heavy atom. The minimum absolute atomic E-state index is 0.0571. The molecular weight excluding hydrogens is 427 g/mol. The van der Waals surface area contributed by atoms with E-state index in [2.05, 4.69) is 15.9 Å². The summed E-state index contributed by atoms with van der Waals surface area (Å²) in [6.07, 6.45) is 11.1. The maximum Gasteiger partial charge on any atom is 0.365 e. The molecule has 0 aromatic heterocycles. The van der Waals surface area contributed by atoms with Crippen LogP contribution in [-0.4, -0.2) is 23.9 Å². The van der Waals surface area contributed by atoms with Crippen LogP contribution in [0.3, 0.4) is 0 Å². The van der Waals surface area contributed by atoms with E-state index in [9.17, 15) is 4.79 Å². The number of carbonyl (C=O) groups excluding carboxylic acids is 1. The number of unbranched alkanes of at least 4 members (excludes halogenated alkanes) is 7. The zero-order chi connectivity index (χ0) is 16.8. The lowest BCUT2D eigenvalue weighted by molar-refractivity contribution is -0.147. The lowest BCUT2D eigenvalue weighted by atomic mass is 10.1. The molecule has 0 aliphatic heterocycles. The van der Waals surface area contributed by atoms with E-state index in [0.717, 1.165) is 25.7 Å². The SMILES string of the molecule is CC(CBr)C(=O)OCCCCCCCCC/C=C/[Si](Cl)(Cl)Cl. The molecule has 0 rings (SSSR count). The summed E-state index contributed by atoms with van der Waals surface area (Å²) >= 11 is 20.5. The molecule has 0 saturated heterocycles. The Balaban J connectivity index is 3.28. The predicted octanol–water partition coefficient (Wildman–Crippen LogP) is 6.43. The van der Waals surface area contributed by atoms with Crippen molar-refractivity contribution in [2.75, 3.05) is 11.9 Å². The summed E-state index contributed by atoms with van der Waals surface area (Å²) in [5.41, 5.74) is 1.75. The Morgan fingerprint density at radius 3 is 2.18 bits per heavy atom. The van der Waals surface area contributed by atoms with Crippen molar-refractivity contribution in [1.82, 2.24) is 0 Å². The lowest BCUT2D eigenvalue weighted by Crippen LogP contribution is -2.16. The van der Waals surface area contributed by atoms with Crippen molar-refractivity contribution in [2.45, 2.75) is 58.3 Å². The van der Waals surface area contributed by atoms with Gasteiger partial charge in [-0.3, -0.25) is 4.79 Å². The van der Waals surface area contributed by atoms with Crippen molar-refractivity contribution in [3.8, 4) is 0 Å². The van der Waals surface area contributed by atoms with Crippen molar-refractivity contribution in [3.63, 3.8) is 0 Å². The highest BCUT2D eigenvalue weighted by atomic mass is 79.9. The molecule has 0 aliphatic carbocycles. The van der Waals surface area contributed by atoms with Crippen LogP contribution in [0.25, 0.3) is 0 Å². The Kier molecular flexibility index (Phi) is 14.6. The van der Waals surface area contributed by atoms with Crippen LogP contribution < -0.4 is 0 Å². The fraction of sp³-hybridized carbons (Fsp3) is 0.800. The molecule has 130 valence electrons. The van der Waals surface area contributed by atoms with E-state index in [0.29, 0.717) is 11.9 Å². The summed E-state index contributed by atoms with van der Waals surface area (Å²) in [6.45, 7) is 2.41. The number of hydrogen-bond donors (Lipinski definition) is 0. The Hall–Kier alpha value is 0.777. The molecule has 0 spiro atoms. The summed E-state index contributed by atoms with van der Waals surface area (Å²) in [7, 11) is 0. The molecule has 7 heteroatoms. The zero-order valence-corrected chi connectivity index (χ0v) is 18.0. The van der Waals surface area contributed by atoms with Gasteiger partial charge in [0.1, 0.15) is 0 Å². The highest BCUT2D eigenvalue weighted by Gasteiger charge is 2.19. The molecule has 0 saturated carbocycles. The normalized spacial score (nSPS) is 13.5. The molecule has 2 nitrogen and oxygen atoms in total. The maximum absolute atomic E-state index is 11.4. The monoisotopic (exact) mass is 450 g/mol. The Bertz CT molecular complexity index is 322. The second-order valence-corrected chi connectivity index (χ2v) is 14.6. The van der Waals surface area contributed by atoms with Gasteiger partial charge in [0, 0.05) is 5.33 Å². The maximum atomic E-state index is 11.4. The molecule has 1 unspecified atom stereocenters. The molecule has 1 atom stereocenters. The molecule has 22 heavy (non-hydrogen) atoms. The largest absolute Gasteiger partial charge is 0.465 e. The van der Waals surface area contributed by atoms with Gasteiger partial charge < -0.3 is 4.74 Å². The van der Waals surface area contributed by atoms with E-state index >= 15 is 0 Å². The van der Waals surface area contributed by atoms with Crippen molar-refractivity contribution in [3.05, 3.63) is 11.8 Å².